The van der Waals surface area contributed by atoms with Crippen molar-refractivity contribution >= 4 is 23.6 Å². The lowest BCUT2D eigenvalue weighted by molar-refractivity contribution is -0.143. The van der Waals surface area contributed by atoms with Crippen LogP contribution in [-0.4, -0.2) is 47.5 Å². The Morgan fingerprint density at radius 2 is 1.96 bits per heavy atom. The lowest BCUT2D eigenvalue weighted by Crippen LogP contribution is -2.46. The van der Waals surface area contributed by atoms with E-state index in [1.54, 1.807) is 9.80 Å². The van der Waals surface area contributed by atoms with Crippen LogP contribution < -0.4 is 10.2 Å². The van der Waals surface area contributed by atoms with Crippen molar-refractivity contribution < 1.29 is 19.5 Å². The van der Waals surface area contributed by atoms with E-state index in [2.05, 4.69) is 5.32 Å². The van der Waals surface area contributed by atoms with Gasteiger partial charge in [0.1, 0.15) is 0 Å². The summed E-state index contributed by atoms with van der Waals surface area (Å²) in [7, 11) is 0. The normalized spacial score (nSPS) is 19.5. The van der Waals surface area contributed by atoms with Gasteiger partial charge in [-0.05, 0) is 43.9 Å². The summed E-state index contributed by atoms with van der Waals surface area (Å²) < 4.78 is 0. The molecule has 7 heteroatoms. The van der Waals surface area contributed by atoms with E-state index >= 15 is 0 Å². The molecule has 26 heavy (non-hydrogen) atoms. The second kappa shape index (κ2) is 7.76. The number of hydrogen-bond acceptors (Lipinski definition) is 3. The third kappa shape index (κ3) is 3.98. The van der Waals surface area contributed by atoms with Gasteiger partial charge >= 0.3 is 12.0 Å². The number of urea groups is 1. The predicted molar refractivity (Wildman–Crippen MR) is 96.9 cm³/mol. The smallest absolute Gasteiger partial charge is 0.317 e. The van der Waals surface area contributed by atoms with Crippen molar-refractivity contribution in [1.82, 2.24) is 10.2 Å². The molecule has 1 atom stereocenters. The number of likely N-dealkylation sites (tertiary alicyclic amines) is 1. The lowest BCUT2D eigenvalue weighted by Gasteiger charge is -2.31. The minimum atomic E-state index is -0.785. The topological polar surface area (TPSA) is 89.9 Å². The monoisotopic (exact) mass is 359 g/mol. The molecule has 2 fully saturated rings. The van der Waals surface area contributed by atoms with Gasteiger partial charge in [0.05, 0.1) is 12.0 Å². The summed E-state index contributed by atoms with van der Waals surface area (Å²) in [6, 6.07) is 7.33. The molecule has 2 aliphatic rings. The van der Waals surface area contributed by atoms with Gasteiger partial charge < -0.3 is 20.2 Å². The highest BCUT2D eigenvalue weighted by Crippen LogP contribution is 2.25. The largest absolute Gasteiger partial charge is 0.481 e. The molecular formula is C19H25N3O4. The molecule has 0 aromatic heterocycles. The van der Waals surface area contributed by atoms with Crippen LogP contribution in [0.1, 0.15) is 44.2 Å². The lowest BCUT2D eigenvalue weighted by atomic mass is 9.97. The average molecular weight is 359 g/mol. The summed E-state index contributed by atoms with van der Waals surface area (Å²) in [6.45, 7) is 3.56. The molecular weight excluding hydrogens is 334 g/mol. The number of carbonyl (C=O) groups excluding carboxylic acids is 2. The minimum Gasteiger partial charge on any atom is -0.481 e. The maximum Gasteiger partial charge on any atom is 0.317 e. The van der Waals surface area contributed by atoms with E-state index in [9.17, 15) is 14.4 Å². The van der Waals surface area contributed by atoms with Crippen LogP contribution in [0.3, 0.4) is 0 Å². The predicted octanol–water partition coefficient (Wildman–Crippen LogP) is 2.38. The summed E-state index contributed by atoms with van der Waals surface area (Å²) in [5.74, 6) is -1.00. The molecule has 0 aliphatic carbocycles. The molecule has 0 radical (unpaired) electrons. The Labute approximate surface area is 153 Å². The first-order valence-corrected chi connectivity index (χ1v) is 9.14. The van der Waals surface area contributed by atoms with E-state index in [0.717, 1.165) is 24.2 Å². The van der Waals surface area contributed by atoms with E-state index in [1.807, 2.05) is 31.2 Å². The number of carboxylic acids is 1. The van der Waals surface area contributed by atoms with Gasteiger partial charge in [0, 0.05) is 31.7 Å². The highest BCUT2D eigenvalue weighted by molar-refractivity contribution is 5.95. The summed E-state index contributed by atoms with van der Waals surface area (Å²) in [4.78, 5) is 38.8. The highest BCUT2D eigenvalue weighted by atomic mass is 16.4. The summed E-state index contributed by atoms with van der Waals surface area (Å²) in [6.07, 6.45) is 2.44. The molecule has 1 aromatic carbocycles. The molecule has 3 amide bonds. The fourth-order valence-corrected chi connectivity index (χ4v) is 3.57. The Morgan fingerprint density at radius 1 is 1.23 bits per heavy atom. The van der Waals surface area contributed by atoms with Crippen LogP contribution in [0.2, 0.25) is 0 Å². The second-order valence-corrected chi connectivity index (χ2v) is 7.01. The van der Waals surface area contributed by atoms with E-state index in [4.69, 9.17) is 5.11 Å². The van der Waals surface area contributed by atoms with E-state index < -0.39 is 5.97 Å². The van der Waals surface area contributed by atoms with Gasteiger partial charge in [0.2, 0.25) is 5.91 Å². The molecule has 7 nitrogen and oxygen atoms in total. The van der Waals surface area contributed by atoms with Crippen molar-refractivity contribution in [3.8, 4) is 0 Å². The number of hydrogen-bond donors (Lipinski definition) is 2. The molecule has 1 aromatic rings. The van der Waals surface area contributed by atoms with Gasteiger partial charge in [-0.15, -0.1) is 0 Å². The van der Waals surface area contributed by atoms with E-state index in [1.165, 1.54) is 0 Å². The number of nitrogens with zero attached hydrogens (tertiary/aromatic N) is 2. The maximum atomic E-state index is 12.5. The molecule has 140 valence electrons. The Morgan fingerprint density at radius 3 is 2.58 bits per heavy atom. The summed E-state index contributed by atoms with van der Waals surface area (Å²) in [5.41, 5.74) is 1.81. The number of anilines is 1. The van der Waals surface area contributed by atoms with Crippen LogP contribution >= 0.6 is 0 Å². The number of rotatable bonds is 4. The minimum absolute atomic E-state index is 0.139. The summed E-state index contributed by atoms with van der Waals surface area (Å²) in [5, 5.41) is 12.0. The quantitative estimate of drug-likeness (QED) is 0.864. The van der Waals surface area contributed by atoms with Crippen LogP contribution in [0, 0.1) is 5.92 Å². The molecule has 2 aliphatic heterocycles. The van der Waals surface area contributed by atoms with Crippen LogP contribution in [0.15, 0.2) is 24.3 Å². The third-order valence-corrected chi connectivity index (χ3v) is 5.23. The zero-order valence-electron chi connectivity index (χ0n) is 15.0. The van der Waals surface area contributed by atoms with Crippen LogP contribution in [-0.2, 0) is 9.59 Å². The number of piperidine rings is 1. The first-order valence-electron chi connectivity index (χ1n) is 9.14. The Bertz CT molecular complexity index is 698. The number of amides is 3. The number of carboxylic acid groups (broad SMARTS) is 1. The molecule has 0 saturated carbocycles. The SMILES string of the molecule is CC(NC(=O)N1CCC(C(=O)O)CC1)c1cccc(N2CCCC2=O)c1. The van der Waals surface area contributed by atoms with Gasteiger partial charge in [-0.25, -0.2) is 4.79 Å². The molecule has 3 rings (SSSR count). The van der Waals surface area contributed by atoms with Crippen molar-refractivity contribution in [2.75, 3.05) is 24.5 Å². The Kier molecular flexibility index (Phi) is 5.44. The van der Waals surface area contributed by atoms with Crippen molar-refractivity contribution in [3.05, 3.63) is 29.8 Å². The molecule has 0 spiro atoms. The Hall–Kier alpha value is -2.57. The maximum absolute atomic E-state index is 12.5. The highest BCUT2D eigenvalue weighted by Gasteiger charge is 2.28. The molecule has 2 N–H and O–H groups in total. The number of carbonyl (C=O) groups is 3. The van der Waals surface area contributed by atoms with Crippen molar-refractivity contribution in [2.45, 2.75) is 38.6 Å². The van der Waals surface area contributed by atoms with Gasteiger partial charge in [-0.3, -0.25) is 9.59 Å². The Balaban J connectivity index is 1.59. The zero-order chi connectivity index (χ0) is 18.7. The van der Waals surface area contributed by atoms with Gasteiger partial charge in [0.25, 0.3) is 0 Å². The van der Waals surface area contributed by atoms with Crippen molar-refractivity contribution in [2.24, 2.45) is 5.92 Å². The van der Waals surface area contributed by atoms with Crippen molar-refractivity contribution in [1.29, 1.82) is 0 Å². The molecule has 1 unspecified atom stereocenters. The van der Waals surface area contributed by atoms with Crippen LogP contribution in [0.5, 0.6) is 0 Å². The number of aliphatic carboxylic acids is 1. The average Bonchev–Trinajstić information content (AvgIpc) is 3.07. The first kappa shape index (κ1) is 18.2. The standard InChI is InChI=1S/C19H25N3O4/c1-13(20-19(26)21-10-7-14(8-11-21)18(24)25)15-4-2-5-16(12-15)22-9-3-6-17(22)23/h2,4-5,12-14H,3,6-11H2,1H3,(H,20,26)(H,24,25). The fraction of sp³-hybridized carbons (Fsp3) is 0.526. The van der Waals surface area contributed by atoms with Gasteiger partial charge in [-0.1, -0.05) is 12.1 Å². The second-order valence-electron chi connectivity index (χ2n) is 7.01. The van der Waals surface area contributed by atoms with Crippen molar-refractivity contribution in [3.63, 3.8) is 0 Å². The molecule has 2 saturated heterocycles. The van der Waals surface area contributed by atoms with Crippen LogP contribution in [0.25, 0.3) is 0 Å². The first-order chi connectivity index (χ1) is 12.5. The zero-order valence-corrected chi connectivity index (χ0v) is 15.0. The third-order valence-electron chi connectivity index (χ3n) is 5.23. The van der Waals surface area contributed by atoms with E-state index in [-0.39, 0.29) is 23.9 Å². The summed E-state index contributed by atoms with van der Waals surface area (Å²) >= 11 is 0. The van der Waals surface area contributed by atoms with E-state index in [0.29, 0.717) is 32.4 Å². The number of benzene rings is 1. The van der Waals surface area contributed by atoms with Gasteiger partial charge in [0.15, 0.2) is 0 Å². The molecule has 0 bridgehead atoms. The van der Waals surface area contributed by atoms with Gasteiger partial charge in [-0.2, -0.15) is 0 Å². The van der Waals surface area contributed by atoms with Crippen LogP contribution in [0.4, 0.5) is 10.5 Å². The number of nitrogens with one attached hydrogen (secondary N) is 1. The fourth-order valence-electron chi connectivity index (χ4n) is 3.57. The molecule has 2 heterocycles.